The van der Waals surface area contributed by atoms with E-state index in [0.717, 1.165) is 0 Å². The highest BCUT2D eigenvalue weighted by Gasteiger charge is 2.29. The van der Waals surface area contributed by atoms with Crippen LogP contribution >= 0.6 is 0 Å². The molecular formula is C28H33N7O10. The second-order valence-corrected chi connectivity index (χ2v) is 9.93. The van der Waals surface area contributed by atoms with E-state index in [4.69, 9.17) is 25.5 Å². The van der Waals surface area contributed by atoms with Crippen LogP contribution in [-0.2, 0) is 30.5 Å². The van der Waals surface area contributed by atoms with Gasteiger partial charge >= 0.3 is 12.2 Å². The number of ether oxygens (including phenoxy) is 3. The Hall–Kier alpha value is -5.70. The van der Waals surface area contributed by atoms with Gasteiger partial charge in [-0.25, -0.2) is 9.59 Å². The average Bonchev–Trinajstić information content (AvgIpc) is 2.99. The zero-order valence-corrected chi connectivity index (χ0v) is 24.5. The molecule has 2 rings (SSSR count). The van der Waals surface area contributed by atoms with E-state index in [0.29, 0.717) is 11.3 Å². The van der Waals surface area contributed by atoms with Crippen LogP contribution in [0.3, 0.4) is 0 Å². The predicted octanol–water partition coefficient (Wildman–Crippen LogP) is 4.15. The molecule has 0 bridgehead atoms. The van der Waals surface area contributed by atoms with Gasteiger partial charge in [0.15, 0.2) is 0 Å². The van der Waals surface area contributed by atoms with Crippen LogP contribution in [0.2, 0.25) is 0 Å². The molecule has 17 nitrogen and oxygen atoms in total. The number of nitrogens with two attached hydrogens (primary N) is 1. The Morgan fingerprint density at radius 2 is 1.69 bits per heavy atom. The van der Waals surface area contributed by atoms with E-state index < -0.39 is 53.3 Å². The van der Waals surface area contributed by atoms with Crippen LogP contribution in [-0.4, -0.2) is 54.0 Å². The number of amides is 3. The van der Waals surface area contributed by atoms with Crippen LogP contribution in [0, 0.1) is 22.0 Å². The lowest BCUT2D eigenvalue weighted by Crippen LogP contribution is -2.47. The van der Waals surface area contributed by atoms with Crippen LogP contribution < -0.4 is 21.1 Å². The van der Waals surface area contributed by atoms with Gasteiger partial charge in [0.25, 0.3) is 5.69 Å². The molecule has 2 atom stereocenters. The SMILES string of the molecule is CC(C)[C@H](CC(=O)CN=[N+]=[N-])C(=O)N[C@@H](CCCOC(N)=O)C(=O)Nc1ccc(COC(=O)Oc2ccc([N+](=O)[O-])cc2)cc1. The molecule has 0 aromatic heterocycles. The van der Waals surface area contributed by atoms with Crippen LogP contribution in [0.4, 0.5) is 21.0 Å². The lowest BCUT2D eigenvalue weighted by molar-refractivity contribution is -0.384. The van der Waals surface area contributed by atoms with E-state index in [1.54, 1.807) is 38.1 Å². The number of rotatable bonds is 17. The number of non-ortho nitro benzene ring substituents is 1. The summed E-state index contributed by atoms with van der Waals surface area (Å²) in [5, 5.41) is 19.3. The van der Waals surface area contributed by atoms with Crippen molar-refractivity contribution in [1.29, 1.82) is 0 Å². The number of carbonyl (C=O) groups excluding carboxylic acids is 5. The fourth-order valence-corrected chi connectivity index (χ4v) is 3.88. The standard InChI is InChI=1S/C28H33N7O10/c1-17(2)23(14-21(36)15-31-34-30)25(37)33-24(4-3-13-43-27(29)39)26(38)32-19-7-5-18(6-8-19)16-44-28(40)45-22-11-9-20(10-12-22)35(41)42/h5-12,17,23-24H,3-4,13-16H2,1-2H3,(H2,29,39)(H,32,38)(H,33,37)/t23-,24-/m0/s1. The summed E-state index contributed by atoms with van der Waals surface area (Å²) in [5.41, 5.74) is 14.2. The van der Waals surface area contributed by atoms with Crippen molar-refractivity contribution in [1.82, 2.24) is 5.32 Å². The molecule has 0 unspecified atom stereocenters. The molecule has 4 N–H and O–H groups in total. The Morgan fingerprint density at radius 1 is 1.02 bits per heavy atom. The van der Waals surface area contributed by atoms with Crippen molar-refractivity contribution in [3.8, 4) is 5.75 Å². The van der Waals surface area contributed by atoms with E-state index in [1.807, 2.05) is 0 Å². The van der Waals surface area contributed by atoms with Crippen LogP contribution in [0.5, 0.6) is 5.75 Å². The fraction of sp³-hybridized carbons (Fsp3) is 0.393. The van der Waals surface area contributed by atoms with Gasteiger partial charge in [0.05, 0.1) is 18.1 Å². The van der Waals surface area contributed by atoms with Gasteiger partial charge in [0, 0.05) is 35.1 Å². The summed E-state index contributed by atoms with van der Waals surface area (Å²) in [6, 6.07) is 10.0. The van der Waals surface area contributed by atoms with Gasteiger partial charge in [-0.3, -0.25) is 24.5 Å². The topological polar surface area (TPSA) is 255 Å². The van der Waals surface area contributed by atoms with E-state index >= 15 is 0 Å². The summed E-state index contributed by atoms with van der Waals surface area (Å²) in [7, 11) is 0. The molecule has 0 spiro atoms. The molecule has 0 saturated carbocycles. The van der Waals surface area contributed by atoms with Crippen molar-refractivity contribution >= 4 is 41.2 Å². The third-order valence-corrected chi connectivity index (χ3v) is 6.24. The van der Waals surface area contributed by atoms with Crippen LogP contribution in [0.15, 0.2) is 53.6 Å². The van der Waals surface area contributed by atoms with Crippen molar-refractivity contribution < 1.29 is 43.1 Å². The highest BCUT2D eigenvalue weighted by atomic mass is 16.7. The Balaban J connectivity index is 2.00. The largest absolute Gasteiger partial charge is 0.514 e. The molecule has 2 aromatic carbocycles. The highest BCUT2D eigenvalue weighted by molar-refractivity contribution is 5.98. The summed E-state index contributed by atoms with van der Waals surface area (Å²) in [5.74, 6) is -2.57. The second kappa shape index (κ2) is 18.1. The number of hydrogen-bond acceptors (Lipinski definition) is 11. The summed E-state index contributed by atoms with van der Waals surface area (Å²) in [4.78, 5) is 74.0. The first-order valence-electron chi connectivity index (χ1n) is 13.6. The van der Waals surface area contributed by atoms with E-state index in [-0.39, 0.29) is 49.8 Å². The molecule has 45 heavy (non-hydrogen) atoms. The molecule has 0 radical (unpaired) electrons. The normalized spacial score (nSPS) is 11.7. The van der Waals surface area contributed by atoms with Gasteiger partial charge in [0.1, 0.15) is 24.2 Å². The first kappa shape index (κ1) is 35.5. The van der Waals surface area contributed by atoms with Gasteiger partial charge in [0.2, 0.25) is 11.8 Å². The molecule has 240 valence electrons. The molecule has 0 heterocycles. The molecular weight excluding hydrogens is 594 g/mol. The predicted molar refractivity (Wildman–Crippen MR) is 158 cm³/mol. The molecule has 3 amide bonds. The van der Waals surface area contributed by atoms with Gasteiger partial charge in [-0.15, -0.1) is 0 Å². The lowest BCUT2D eigenvalue weighted by atomic mass is 9.89. The van der Waals surface area contributed by atoms with E-state index in [2.05, 4.69) is 20.7 Å². The van der Waals surface area contributed by atoms with Crippen molar-refractivity contribution in [3.63, 3.8) is 0 Å². The first-order valence-corrected chi connectivity index (χ1v) is 13.6. The van der Waals surface area contributed by atoms with Gasteiger partial charge in [-0.05, 0) is 54.1 Å². The minimum absolute atomic E-state index is 0.0611. The number of benzene rings is 2. The first-order chi connectivity index (χ1) is 21.4. The summed E-state index contributed by atoms with van der Waals surface area (Å²) in [6.07, 6.45) is -1.94. The molecule has 0 fully saturated rings. The number of nitro benzene ring substituents is 1. The number of primary amides is 1. The van der Waals surface area contributed by atoms with E-state index in [9.17, 15) is 34.1 Å². The molecule has 2 aromatic rings. The van der Waals surface area contributed by atoms with Gasteiger partial charge < -0.3 is 30.6 Å². The molecule has 0 aliphatic heterocycles. The number of nitrogens with zero attached hydrogens (tertiary/aromatic N) is 4. The molecule has 0 aliphatic carbocycles. The summed E-state index contributed by atoms with van der Waals surface area (Å²) < 4.78 is 14.7. The maximum absolute atomic E-state index is 13.2. The second-order valence-electron chi connectivity index (χ2n) is 9.93. The number of anilines is 1. The number of carbonyl (C=O) groups is 5. The molecule has 0 saturated heterocycles. The zero-order chi connectivity index (χ0) is 33.4. The zero-order valence-electron chi connectivity index (χ0n) is 24.5. The third-order valence-electron chi connectivity index (χ3n) is 6.24. The number of azide groups is 1. The number of hydrogen-bond donors (Lipinski definition) is 3. The van der Waals surface area contributed by atoms with Crippen LogP contribution in [0.25, 0.3) is 10.4 Å². The maximum Gasteiger partial charge on any atom is 0.514 e. The number of Topliss-reactive ketones (excluding diaryl/α,β-unsaturated/α-hetero) is 1. The Labute approximate surface area is 257 Å². The molecule has 0 aliphatic rings. The lowest BCUT2D eigenvalue weighted by Gasteiger charge is -2.24. The minimum atomic E-state index is -1.07. The molecule has 17 heteroatoms. The highest BCUT2D eigenvalue weighted by Crippen LogP contribution is 2.19. The Bertz CT molecular complexity index is 1410. The smallest absolute Gasteiger partial charge is 0.450 e. The monoisotopic (exact) mass is 627 g/mol. The third kappa shape index (κ3) is 13.0. The van der Waals surface area contributed by atoms with Crippen molar-refractivity contribution in [2.45, 2.75) is 45.8 Å². The summed E-state index contributed by atoms with van der Waals surface area (Å²) >= 11 is 0. The Kier molecular flexibility index (Phi) is 14.3. The maximum atomic E-state index is 13.2. The summed E-state index contributed by atoms with van der Waals surface area (Å²) in [6.45, 7) is 2.81. The van der Waals surface area contributed by atoms with Crippen molar-refractivity contribution in [2.75, 3.05) is 18.5 Å². The number of nitrogens with one attached hydrogen (secondary N) is 2. The van der Waals surface area contributed by atoms with E-state index in [1.165, 1.54) is 24.3 Å². The fourth-order valence-electron chi connectivity index (χ4n) is 3.88. The van der Waals surface area contributed by atoms with Gasteiger partial charge in [-0.1, -0.05) is 31.1 Å². The van der Waals surface area contributed by atoms with Gasteiger partial charge in [-0.2, -0.15) is 0 Å². The number of nitro groups is 1. The minimum Gasteiger partial charge on any atom is -0.450 e. The Morgan fingerprint density at radius 3 is 2.27 bits per heavy atom. The quantitative estimate of drug-likeness (QED) is 0.0330. The van der Waals surface area contributed by atoms with Crippen molar-refractivity contribution in [2.24, 2.45) is 22.7 Å². The van der Waals surface area contributed by atoms with Crippen LogP contribution in [0.1, 0.15) is 38.7 Å². The number of ketones is 1. The average molecular weight is 628 g/mol. The van der Waals surface area contributed by atoms with Crippen molar-refractivity contribution in [3.05, 3.63) is 74.7 Å².